The maximum Gasteiger partial charge on any atom is 0.306 e. The molecule has 2 rings (SSSR count). The minimum atomic E-state index is -0.149. The lowest BCUT2D eigenvalue weighted by Gasteiger charge is -2.19. The molecule has 0 heterocycles. The Morgan fingerprint density at radius 1 is 0.880 bits per heavy atom. The van der Waals surface area contributed by atoms with Crippen molar-refractivity contribution in [3.8, 4) is 0 Å². The molecule has 0 atom stereocenters. The number of ether oxygens (including phenoxy) is 1. The summed E-state index contributed by atoms with van der Waals surface area (Å²) in [6.45, 7) is 7.81. The van der Waals surface area contributed by atoms with Gasteiger partial charge in [0.25, 0.3) is 0 Å². The van der Waals surface area contributed by atoms with Gasteiger partial charge in [0.05, 0.1) is 13.0 Å². The predicted octanol–water partition coefficient (Wildman–Crippen LogP) is 4.40. The summed E-state index contributed by atoms with van der Waals surface area (Å²) in [5.41, 5.74) is 4.59. The van der Waals surface area contributed by atoms with Crippen LogP contribution >= 0.6 is 0 Å². The number of esters is 1. The van der Waals surface area contributed by atoms with Crippen LogP contribution < -0.4 is 10.6 Å². The van der Waals surface area contributed by atoms with Gasteiger partial charge < -0.3 is 15.4 Å². The fourth-order valence-electron chi connectivity index (χ4n) is 2.54. The molecular weight excluding hydrogens is 312 g/mol. The van der Waals surface area contributed by atoms with Crippen LogP contribution in [0.25, 0.3) is 0 Å². The highest BCUT2D eigenvalue weighted by Gasteiger charge is 2.15. The lowest BCUT2D eigenvalue weighted by atomic mass is 10.0. The predicted molar refractivity (Wildman–Crippen MR) is 104 cm³/mol. The lowest BCUT2D eigenvalue weighted by Crippen LogP contribution is -2.26. The van der Waals surface area contributed by atoms with Gasteiger partial charge in [0.1, 0.15) is 0 Å². The Kier molecular flexibility index (Phi) is 7.33. The molecule has 2 aromatic carbocycles. The summed E-state index contributed by atoms with van der Waals surface area (Å²) in [5, 5.41) is 6.83. The van der Waals surface area contributed by atoms with Gasteiger partial charge in [-0.25, -0.2) is 0 Å². The molecule has 0 aromatic heterocycles. The maximum atomic E-state index is 11.9. The van der Waals surface area contributed by atoms with Crippen molar-refractivity contribution in [2.75, 3.05) is 30.3 Å². The van der Waals surface area contributed by atoms with Crippen LogP contribution in [0.5, 0.6) is 0 Å². The first-order valence-electron chi connectivity index (χ1n) is 8.83. The summed E-state index contributed by atoms with van der Waals surface area (Å²) >= 11 is 0. The van der Waals surface area contributed by atoms with Gasteiger partial charge in [0.2, 0.25) is 0 Å². The summed E-state index contributed by atoms with van der Waals surface area (Å²) < 4.78 is 5.11. The summed E-state index contributed by atoms with van der Waals surface area (Å²) in [7, 11) is 0. The minimum Gasteiger partial charge on any atom is -0.466 e. The van der Waals surface area contributed by atoms with Gasteiger partial charge in [-0.05, 0) is 45.0 Å². The van der Waals surface area contributed by atoms with E-state index in [-0.39, 0.29) is 11.9 Å². The van der Waals surface area contributed by atoms with E-state index in [1.807, 2.05) is 6.92 Å². The monoisotopic (exact) mass is 340 g/mol. The third kappa shape index (κ3) is 6.87. The molecule has 0 spiro atoms. The van der Waals surface area contributed by atoms with Crippen molar-refractivity contribution in [1.29, 1.82) is 0 Å². The number of aryl methyl sites for hydroxylation is 2. The molecule has 25 heavy (non-hydrogen) atoms. The number of hydrogen-bond donors (Lipinski definition) is 2. The average molecular weight is 340 g/mol. The van der Waals surface area contributed by atoms with Gasteiger partial charge in [0.15, 0.2) is 0 Å². The highest BCUT2D eigenvalue weighted by atomic mass is 16.5. The molecule has 2 N–H and O–H groups in total. The number of rotatable bonds is 9. The van der Waals surface area contributed by atoms with E-state index in [0.717, 1.165) is 11.4 Å². The molecule has 0 aliphatic heterocycles. The Morgan fingerprint density at radius 3 is 1.72 bits per heavy atom. The molecule has 0 radical (unpaired) electrons. The van der Waals surface area contributed by atoms with Crippen LogP contribution in [0.2, 0.25) is 0 Å². The SMILES string of the molecule is CCOC(=O)CC(CNc1ccc(C)cc1)CNc1ccc(C)cc1. The molecule has 0 unspecified atom stereocenters. The first kappa shape index (κ1) is 18.8. The zero-order chi connectivity index (χ0) is 18.1. The Bertz CT molecular complexity index is 601. The topological polar surface area (TPSA) is 50.4 Å². The smallest absolute Gasteiger partial charge is 0.306 e. The zero-order valence-electron chi connectivity index (χ0n) is 15.3. The van der Waals surface area contributed by atoms with Gasteiger partial charge in [-0.1, -0.05) is 35.4 Å². The Morgan fingerprint density at radius 2 is 1.32 bits per heavy atom. The van der Waals surface area contributed by atoms with Crippen molar-refractivity contribution in [2.45, 2.75) is 27.2 Å². The van der Waals surface area contributed by atoms with E-state index in [2.05, 4.69) is 73.0 Å². The van der Waals surface area contributed by atoms with Gasteiger partial charge >= 0.3 is 5.97 Å². The average Bonchev–Trinajstić information content (AvgIpc) is 2.60. The van der Waals surface area contributed by atoms with Crippen molar-refractivity contribution in [3.63, 3.8) is 0 Å². The normalized spacial score (nSPS) is 10.6. The molecule has 134 valence electrons. The highest BCUT2D eigenvalue weighted by molar-refractivity contribution is 5.69. The third-order valence-corrected chi connectivity index (χ3v) is 4.05. The van der Waals surface area contributed by atoms with Crippen LogP contribution in [0, 0.1) is 19.8 Å². The molecule has 0 saturated heterocycles. The van der Waals surface area contributed by atoms with Crippen LogP contribution in [-0.2, 0) is 9.53 Å². The first-order valence-corrected chi connectivity index (χ1v) is 8.83. The number of hydrogen-bond acceptors (Lipinski definition) is 4. The fourth-order valence-corrected chi connectivity index (χ4v) is 2.54. The minimum absolute atomic E-state index is 0.140. The van der Waals surface area contributed by atoms with E-state index < -0.39 is 0 Å². The van der Waals surface area contributed by atoms with Crippen LogP contribution in [0.1, 0.15) is 24.5 Å². The molecule has 4 nitrogen and oxygen atoms in total. The molecule has 0 amide bonds. The van der Waals surface area contributed by atoms with E-state index in [1.165, 1.54) is 11.1 Å². The van der Waals surface area contributed by atoms with Gasteiger partial charge in [0, 0.05) is 30.4 Å². The Hall–Kier alpha value is -2.49. The number of anilines is 2. The first-order chi connectivity index (χ1) is 12.1. The van der Waals surface area contributed by atoms with Crippen molar-refractivity contribution in [2.24, 2.45) is 5.92 Å². The van der Waals surface area contributed by atoms with Crippen LogP contribution in [0.15, 0.2) is 48.5 Å². The summed E-state index contributed by atoms with van der Waals surface area (Å²) in [5.74, 6) is -0.00873. The second kappa shape index (κ2) is 9.72. The van der Waals surface area contributed by atoms with Crippen molar-refractivity contribution >= 4 is 17.3 Å². The molecule has 0 saturated carbocycles. The number of benzene rings is 2. The van der Waals surface area contributed by atoms with E-state index in [1.54, 1.807) is 0 Å². The molecule has 0 bridgehead atoms. The summed E-state index contributed by atoms with van der Waals surface area (Å²) in [6.07, 6.45) is 0.394. The number of nitrogens with one attached hydrogen (secondary N) is 2. The lowest BCUT2D eigenvalue weighted by molar-refractivity contribution is -0.144. The molecule has 2 aromatic rings. The quantitative estimate of drug-likeness (QED) is 0.665. The van der Waals surface area contributed by atoms with Crippen molar-refractivity contribution < 1.29 is 9.53 Å². The molecule has 4 heteroatoms. The summed E-state index contributed by atoms with van der Waals surface area (Å²) in [4.78, 5) is 11.9. The fraction of sp³-hybridized carbons (Fsp3) is 0.381. The highest BCUT2D eigenvalue weighted by Crippen LogP contribution is 2.14. The molecule has 0 fully saturated rings. The molecule has 0 aliphatic carbocycles. The number of carbonyl (C=O) groups is 1. The van der Waals surface area contributed by atoms with Crippen LogP contribution in [-0.4, -0.2) is 25.7 Å². The maximum absolute atomic E-state index is 11.9. The van der Waals surface area contributed by atoms with Crippen molar-refractivity contribution in [1.82, 2.24) is 0 Å². The zero-order valence-corrected chi connectivity index (χ0v) is 15.3. The molecular formula is C21H28N2O2. The van der Waals surface area contributed by atoms with E-state index in [9.17, 15) is 4.79 Å². The van der Waals surface area contributed by atoms with E-state index in [4.69, 9.17) is 4.74 Å². The van der Waals surface area contributed by atoms with Gasteiger partial charge in [-0.3, -0.25) is 4.79 Å². The van der Waals surface area contributed by atoms with Crippen molar-refractivity contribution in [3.05, 3.63) is 59.7 Å². The number of carbonyl (C=O) groups excluding carboxylic acids is 1. The third-order valence-electron chi connectivity index (χ3n) is 4.05. The van der Waals surface area contributed by atoms with Gasteiger partial charge in [-0.2, -0.15) is 0 Å². The Labute approximate surface area is 150 Å². The van der Waals surface area contributed by atoms with E-state index in [0.29, 0.717) is 26.1 Å². The van der Waals surface area contributed by atoms with Crippen LogP contribution in [0.4, 0.5) is 11.4 Å². The van der Waals surface area contributed by atoms with Gasteiger partial charge in [-0.15, -0.1) is 0 Å². The Balaban J connectivity index is 1.92. The van der Waals surface area contributed by atoms with Crippen LogP contribution in [0.3, 0.4) is 0 Å². The van der Waals surface area contributed by atoms with E-state index >= 15 is 0 Å². The summed E-state index contributed by atoms with van der Waals surface area (Å²) in [6, 6.07) is 16.5. The standard InChI is InChI=1S/C21H28N2O2/c1-4-25-21(24)13-18(14-22-19-9-5-16(2)6-10-19)15-23-20-11-7-17(3)8-12-20/h5-12,18,22-23H,4,13-15H2,1-3H3. The second-order valence-electron chi connectivity index (χ2n) is 6.37. The second-order valence-corrected chi connectivity index (χ2v) is 6.37. The largest absolute Gasteiger partial charge is 0.466 e. The molecule has 0 aliphatic rings.